The van der Waals surface area contributed by atoms with Gasteiger partial charge in [0.15, 0.2) is 17.3 Å². The maximum absolute atomic E-state index is 13.8. The standard InChI is InChI=1S/C12H8BF2N3O2/c14-9-2-1-3-10(15)11(9)18-12-7(6-17-18)8(13(19)20)4-5-16-12/h1-6,19-20H. The molecular formula is C12H8BF2N3O2. The second-order valence-electron chi connectivity index (χ2n) is 4.14. The molecule has 1 aromatic carbocycles. The largest absolute Gasteiger partial charge is 0.489 e. The van der Waals surface area contributed by atoms with E-state index in [0.717, 1.165) is 16.8 Å². The van der Waals surface area contributed by atoms with Crippen molar-refractivity contribution in [2.45, 2.75) is 0 Å². The minimum absolute atomic E-state index is 0.139. The Morgan fingerprint density at radius 3 is 2.45 bits per heavy atom. The van der Waals surface area contributed by atoms with Gasteiger partial charge < -0.3 is 10.0 Å². The van der Waals surface area contributed by atoms with E-state index in [2.05, 4.69) is 10.1 Å². The summed E-state index contributed by atoms with van der Waals surface area (Å²) < 4.78 is 28.5. The predicted octanol–water partition coefficient (Wildman–Crippen LogP) is 0.378. The highest BCUT2D eigenvalue weighted by Crippen LogP contribution is 2.20. The second-order valence-corrected chi connectivity index (χ2v) is 4.14. The van der Waals surface area contributed by atoms with Gasteiger partial charge in [0, 0.05) is 11.6 Å². The van der Waals surface area contributed by atoms with Gasteiger partial charge in [-0.3, -0.25) is 0 Å². The molecule has 0 saturated heterocycles. The van der Waals surface area contributed by atoms with Crippen molar-refractivity contribution in [3.8, 4) is 5.69 Å². The minimum Gasteiger partial charge on any atom is -0.423 e. The summed E-state index contributed by atoms with van der Waals surface area (Å²) in [5.41, 5.74) is -0.0582. The van der Waals surface area contributed by atoms with Crippen molar-refractivity contribution in [1.82, 2.24) is 14.8 Å². The zero-order valence-corrected chi connectivity index (χ0v) is 10.0. The van der Waals surface area contributed by atoms with Crippen LogP contribution in [0.25, 0.3) is 16.7 Å². The number of hydrogen-bond acceptors (Lipinski definition) is 4. The van der Waals surface area contributed by atoms with Crippen LogP contribution in [-0.4, -0.2) is 31.9 Å². The van der Waals surface area contributed by atoms with Crippen molar-refractivity contribution in [1.29, 1.82) is 0 Å². The molecule has 0 spiro atoms. The van der Waals surface area contributed by atoms with E-state index in [0.29, 0.717) is 5.39 Å². The Hall–Kier alpha value is -2.32. The van der Waals surface area contributed by atoms with Crippen LogP contribution in [0.4, 0.5) is 8.78 Å². The molecule has 0 aliphatic rings. The summed E-state index contributed by atoms with van der Waals surface area (Å²) in [6.45, 7) is 0. The first-order valence-electron chi connectivity index (χ1n) is 5.72. The first-order valence-corrected chi connectivity index (χ1v) is 5.72. The van der Waals surface area contributed by atoms with Gasteiger partial charge in [-0.15, -0.1) is 0 Å². The van der Waals surface area contributed by atoms with E-state index in [9.17, 15) is 18.8 Å². The fraction of sp³-hybridized carbons (Fsp3) is 0. The number of para-hydroxylation sites is 1. The molecular weight excluding hydrogens is 267 g/mol. The van der Waals surface area contributed by atoms with E-state index in [1.807, 2.05) is 0 Å². The molecule has 3 aromatic rings. The Labute approximate surface area is 112 Å². The van der Waals surface area contributed by atoms with Crippen molar-refractivity contribution in [3.63, 3.8) is 0 Å². The SMILES string of the molecule is OB(O)c1ccnc2c1cnn2-c1c(F)cccc1F. The molecule has 2 aromatic heterocycles. The van der Waals surface area contributed by atoms with Crippen molar-refractivity contribution >= 4 is 23.6 Å². The van der Waals surface area contributed by atoms with Gasteiger partial charge in [0.2, 0.25) is 0 Å². The number of pyridine rings is 1. The molecule has 3 rings (SSSR count). The molecule has 2 N–H and O–H groups in total. The Balaban J connectivity index is 2.31. The highest BCUT2D eigenvalue weighted by atomic mass is 19.1. The first-order chi connectivity index (χ1) is 9.59. The third-order valence-electron chi connectivity index (χ3n) is 2.93. The summed E-state index contributed by atoms with van der Waals surface area (Å²) in [6.07, 6.45) is 2.59. The Morgan fingerprint density at radius 2 is 1.80 bits per heavy atom. The molecule has 0 aliphatic heterocycles. The second kappa shape index (κ2) is 4.66. The highest BCUT2D eigenvalue weighted by Gasteiger charge is 2.20. The smallest absolute Gasteiger partial charge is 0.423 e. The van der Waals surface area contributed by atoms with E-state index < -0.39 is 18.8 Å². The van der Waals surface area contributed by atoms with Gasteiger partial charge >= 0.3 is 7.12 Å². The fourth-order valence-electron chi connectivity index (χ4n) is 2.03. The third kappa shape index (κ3) is 1.86. The molecule has 0 amide bonds. The van der Waals surface area contributed by atoms with Gasteiger partial charge in [0.1, 0.15) is 5.69 Å². The molecule has 20 heavy (non-hydrogen) atoms. The average Bonchev–Trinajstić information content (AvgIpc) is 2.82. The molecule has 0 atom stereocenters. The van der Waals surface area contributed by atoms with Gasteiger partial charge in [-0.05, 0) is 23.7 Å². The van der Waals surface area contributed by atoms with Crippen LogP contribution in [0.5, 0.6) is 0 Å². The van der Waals surface area contributed by atoms with E-state index in [-0.39, 0.29) is 16.8 Å². The lowest BCUT2D eigenvalue weighted by Crippen LogP contribution is -2.30. The quantitative estimate of drug-likeness (QED) is 0.663. The molecule has 0 saturated carbocycles. The summed E-state index contributed by atoms with van der Waals surface area (Å²) in [6, 6.07) is 4.86. The Morgan fingerprint density at radius 1 is 1.10 bits per heavy atom. The van der Waals surface area contributed by atoms with E-state index >= 15 is 0 Å². The van der Waals surface area contributed by atoms with Crippen LogP contribution in [0, 0.1) is 11.6 Å². The Kier molecular flexibility index (Phi) is 2.96. The fourth-order valence-corrected chi connectivity index (χ4v) is 2.03. The summed E-state index contributed by atoms with van der Waals surface area (Å²) in [5, 5.41) is 22.7. The number of aromatic nitrogens is 3. The number of benzene rings is 1. The van der Waals surface area contributed by atoms with Gasteiger partial charge in [0.25, 0.3) is 0 Å². The van der Waals surface area contributed by atoms with Crippen molar-refractivity contribution in [2.75, 3.05) is 0 Å². The molecule has 2 heterocycles. The van der Waals surface area contributed by atoms with Gasteiger partial charge in [-0.2, -0.15) is 5.10 Å². The number of halogens is 2. The highest BCUT2D eigenvalue weighted by molar-refractivity contribution is 6.61. The van der Waals surface area contributed by atoms with Crippen molar-refractivity contribution < 1.29 is 18.8 Å². The lowest BCUT2D eigenvalue weighted by Gasteiger charge is -2.06. The topological polar surface area (TPSA) is 71.2 Å². The van der Waals surface area contributed by atoms with E-state index in [1.54, 1.807) is 0 Å². The molecule has 0 radical (unpaired) electrons. The van der Waals surface area contributed by atoms with Crippen molar-refractivity contribution in [2.24, 2.45) is 0 Å². The number of fused-ring (bicyclic) bond motifs is 1. The molecule has 0 fully saturated rings. The normalized spacial score (nSPS) is 11.0. The molecule has 0 aliphatic carbocycles. The zero-order chi connectivity index (χ0) is 14.3. The predicted molar refractivity (Wildman–Crippen MR) is 68.6 cm³/mol. The van der Waals surface area contributed by atoms with Crippen LogP contribution < -0.4 is 5.46 Å². The third-order valence-corrected chi connectivity index (χ3v) is 2.93. The van der Waals surface area contributed by atoms with Crippen LogP contribution in [0.15, 0.2) is 36.7 Å². The van der Waals surface area contributed by atoms with Gasteiger partial charge in [-0.25, -0.2) is 18.4 Å². The van der Waals surface area contributed by atoms with Crippen LogP contribution in [-0.2, 0) is 0 Å². The summed E-state index contributed by atoms with van der Waals surface area (Å²) in [4.78, 5) is 3.99. The van der Waals surface area contributed by atoms with Crippen LogP contribution in [0.2, 0.25) is 0 Å². The van der Waals surface area contributed by atoms with Crippen LogP contribution in [0.1, 0.15) is 0 Å². The Bertz CT molecular complexity index is 771. The van der Waals surface area contributed by atoms with Gasteiger partial charge in [0.05, 0.1) is 6.20 Å². The van der Waals surface area contributed by atoms with Crippen molar-refractivity contribution in [3.05, 3.63) is 48.3 Å². The average molecular weight is 275 g/mol. The molecule has 0 unspecified atom stereocenters. The number of hydrogen-bond donors (Lipinski definition) is 2. The monoisotopic (exact) mass is 275 g/mol. The molecule has 0 bridgehead atoms. The lowest BCUT2D eigenvalue weighted by molar-refractivity contribution is 0.426. The summed E-state index contributed by atoms with van der Waals surface area (Å²) in [7, 11) is -1.72. The molecule has 8 heteroatoms. The summed E-state index contributed by atoms with van der Waals surface area (Å²) >= 11 is 0. The zero-order valence-electron chi connectivity index (χ0n) is 10.0. The van der Waals surface area contributed by atoms with Crippen LogP contribution >= 0.6 is 0 Å². The maximum Gasteiger partial charge on any atom is 0.489 e. The summed E-state index contributed by atoms with van der Waals surface area (Å²) in [5.74, 6) is -1.57. The molecule has 5 nitrogen and oxygen atoms in total. The number of nitrogens with zero attached hydrogens (tertiary/aromatic N) is 3. The number of rotatable bonds is 2. The van der Waals surface area contributed by atoms with E-state index in [4.69, 9.17) is 0 Å². The van der Waals surface area contributed by atoms with E-state index in [1.165, 1.54) is 24.5 Å². The van der Waals surface area contributed by atoms with Crippen LogP contribution in [0.3, 0.4) is 0 Å². The first kappa shape index (κ1) is 12.7. The maximum atomic E-state index is 13.8. The minimum atomic E-state index is -1.72. The van der Waals surface area contributed by atoms with Gasteiger partial charge in [-0.1, -0.05) is 6.07 Å². The lowest BCUT2D eigenvalue weighted by atomic mass is 9.79. The molecule has 100 valence electrons.